The van der Waals surface area contributed by atoms with Crippen molar-refractivity contribution in [1.82, 2.24) is 10.1 Å². The highest BCUT2D eigenvalue weighted by atomic mass is 35.5. The van der Waals surface area contributed by atoms with E-state index in [0.29, 0.717) is 27.3 Å². The fourth-order valence-corrected chi connectivity index (χ4v) is 1.97. The Morgan fingerprint density at radius 2 is 1.95 bits per heavy atom. The number of halogens is 2. The Bertz CT molecular complexity index is 590. The number of aromatic nitrogens is 2. The molecule has 0 bridgehead atoms. The van der Waals surface area contributed by atoms with E-state index in [2.05, 4.69) is 10.1 Å². The van der Waals surface area contributed by atoms with E-state index in [1.165, 1.54) is 0 Å². The minimum atomic E-state index is -0.564. The Labute approximate surface area is 121 Å². The summed E-state index contributed by atoms with van der Waals surface area (Å²) in [4.78, 5) is 4.32. The molecular formula is C13H15Cl2N3O. The van der Waals surface area contributed by atoms with Crippen LogP contribution in [0.4, 0.5) is 0 Å². The van der Waals surface area contributed by atoms with Crippen molar-refractivity contribution in [3.63, 3.8) is 0 Å². The van der Waals surface area contributed by atoms with Gasteiger partial charge in [-0.25, -0.2) is 0 Å². The van der Waals surface area contributed by atoms with E-state index >= 15 is 0 Å². The quantitative estimate of drug-likeness (QED) is 0.918. The fourth-order valence-electron chi connectivity index (χ4n) is 1.56. The monoisotopic (exact) mass is 299 g/mol. The number of nitrogens with two attached hydrogens (primary N) is 1. The first-order valence-corrected chi connectivity index (χ1v) is 6.59. The summed E-state index contributed by atoms with van der Waals surface area (Å²) in [6.07, 6.45) is 0. The minimum Gasteiger partial charge on any atom is -0.339 e. The number of benzene rings is 1. The standard InChI is InChI=1S/C13H15Cl2N3O/c1-13(2,3)12-17-11(18-19-12)10(16)8-6-7(14)4-5-9(8)15/h4-6,10H,16H2,1-3H3. The summed E-state index contributed by atoms with van der Waals surface area (Å²) in [5, 5.41) is 5.01. The summed E-state index contributed by atoms with van der Waals surface area (Å²) >= 11 is 12.1. The normalized spacial score (nSPS) is 13.6. The van der Waals surface area contributed by atoms with Gasteiger partial charge in [0.1, 0.15) is 0 Å². The highest BCUT2D eigenvalue weighted by molar-refractivity contribution is 6.33. The third kappa shape index (κ3) is 3.08. The van der Waals surface area contributed by atoms with Gasteiger partial charge in [-0.1, -0.05) is 49.1 Å². The van der Waals surface area contributed by atoms with E-state index in [4.69, 9.17) is 33.5 Å². The van der Waals surface area contributed by atoms with Crippen LogP contribution in [-0.2, 0) is 5.41 Å². The zero-order valence-electron chi connectivity index (χ0n) is 10.9. The molecule has 1 aromatic carbocycles. The summed E-state index contributed by atoms with van der Waals surface area (Å²) in [5.74, 6) is 0.935. The molecule has 0 amide bonds. The summed E-state index contributed by atoms with van der Waals surface area (Å²) in [5.41, 5.74) is 6.57. The molecule has 0 radical (unpaired) electrons. The molecule has 0 saturated heterocycles. The lowest BCUT2D eigenvalue weighted by Crippen LogP contribution is -2.16. The molecule has 0 aliphatic rings. The molecule has 2 aromatic rings. The molecule has 19 heavy (non-hydrogen) atoms. The number of nitrogens with zero attached hydrogens (tertiary/aromatic N) is 2. The maximum Gasteiger partial charge on any atom is 0.232 e. The van der Waals surface area contributed by atoms with E-state index < -0.39 is 6.04 Å². The first-order chi connectivity index (χ1) is 8.79. The Morgan fingerprint density at radius 1 is 1.26 bits per heavy atom. The average molecular weight is 300 g/mol. The van der Waals surface area contributed by atoms with Crippen LogP contribution in [0.5, 0.6) is 0 Å². The van der Waals surface area contributed by atoms with Crippen molar-refractivity contribution in [3.05, 3.63) is 45.5 Å². The molecule has 1 atom stereocenters. The van der Waals surface area contributed by atoms with Crippen LogP contribution in [0, 0.1) is 0 Å². The molecule has 102 valence electrons. The predicted molar refractivity (Wildman–Crippen MR) is 75.5 cm³/mol. The van der Waals surface area contributed by atoms with Crippen molar-refractivity contribution < 1.29 is 4.52 Å². The van der Waals surface area contributed by atoms with Crippen LogP contribution in [0.3, 0.4) is 0 Å². The highest BCUT2D eigenvalue weighted by Crippen LogP contribution is 2.29. The van der Waals surface area contributed by atoms with Gasteiger partial charge in [-0.05, 0) is 23.8 Å². The molecule has 0 aliphatic heterocycles. The molecule has 2 N–H and O–H groups in total. The van der Waals surface area contributed by atoms with Crippen LogP contribution in [0.1, 0.15) is 44.1 Å². The minimum absolute atomic E-state index is 0.219. The second-order valence-electron chi connectivity index (χ2n) is 5.35. The molecule has 0 spiro atoms. The first kappa shape index (κ1) is 14.3. The second kappa shape index (κ2) is 5.12. The van der Waals surface area contributed by atoms with E-state index in [-0.39, 0.29) is 5.41 Å². The molecular weight excluding hydrogens is 285 g/mol. The lowest BCUT2D eigenvalue weighted by Gasteiger charge is -2.12. The molecule has 1 heterocycles. The maximum absolute atomic E-state index is 6.11. The van der Waals surface area contributed by atoms with Gasteiger partial charge >= 0.3 is 0 Å². The van der Waals surface area contributed by atoms with Gasteiger partial charge in [-0.3, -0.25) is 0 Å². The number of rotatable bonds is 2. The zero-order valence-corrected chi connectivity index (χ0v) is 12.5. The average Bonchev–Trinajstić information content (AvgIpc) is 2.80. The van der Waals surface area contributed by atoms with Crippen LogP contribution in [-0.4, -0.2) is 10.1 Å². The van der Waals surface area contributed by atoms with Gasteiger partial charge in [-0.2, -0.15) is 4.98 Å². The van der Waals surface area contributed by atoms with Crippen molar-refractivity contribution in [1.29, 1.82) is 0 Å². The van der Waals surface area contributed by atoms with E-state index in [0.717, 1.165) is 0 Å². The number of hydrogen-bond acceptors (Lipinski definition) is 4. The lowest BCUT2D eigenvalue weighted by molar-refractivity contribution is 0.317. The van der Waals surface area contributed by atoms with E-state index in [1.807, 2.05) is 20.8 Å². The smallest absolute Gasteiger partial charge is 0.232 e. The van der Waals surface area contributed by atoms with Gasteiger partial charge < -0.3 is 10.3 Å². The maximum atomic E-state index is 6.11. The largest absolute Gasteiger partial charge is 0.339 e. The van der Waals surface area contributed by atoms with Crippen molar-refractivity contribution in [2.45, 2.75) is 32.2 Å². The fraction of sp³-hybridized carbons (Fsp3) is 0.385. The molecule has 6 heteroatoms. The molecule has 4 nitrogen and oxygen atoms in total. The third-order valence-corrected chi connectivity index (χ3v) is 3.23. The lowest BCUT2D eigenvalue weighted by atomic mass is 9.97. The Morgan fingerprint density at radius 3 is 2.53 bits per heavy atom. The Hall–Kier alpha value is -1.10. The van der Waals surface area contributed by atoms with Crippen LogP contribution in [0.15, 0.2) is 22.7 Å². The SMILES string of the molecule is CC(C)(C)c1nc(C(N)c2cc(Cl)ccc2Cl)no1. The molecule has 1 aromatic heterocycles. The van der Waals surface area contributed by atoms with Crippen LogP contribution in [0.25, 0.3) is 0 Å². The van der Waals surface area contributed by atoms with Crippen molar-refractivity contribution in [2.24, 2.45) is 5.73 Å². The summed E-state index contributed by atoms with van der Waals surface area (Å²) in [6, 6.07) is 4.55. The third-order valence-electron chi connectivity index (χ3n) is 2.65. The predicted octanol–water partition coefficient (Wildman–Crippen LogP) is 3.72. The van der Waals surface area contributed by atoms with Gasteiger partial charge in [0, 0.05) is 15.5 Å². The summed E-state index contributed by atoms with van der Waals surface area (Å²) in [7, 11) is 0. The van der Waals surface area contributed by atoms with Gasteiger partial charge in [0.2, 0.25) is 5.89 Å². The van der Waals surface area contributed by atoms with Crippen LogP contribution >= 0.6 is 23.2 Å². The van der Waals surface area contributed by atoms with Gasteiger partial charge in [0.25, 0.3) is 0 Å². The Kier molecular flexibility index (Phi) is 3.85. The van der Waals surface area contributed by atoms with Crippen LogP contribution in [0.2, 0.25) is 10.0 Å². The molecule has 0 aliphatic carbocycles. The Balaban J connectivity index is 2.36. The van der Waals surface area contributed by atoms with Crippen molar-refractivity contribution in [2.75, 3.05) is 0 Å². The first-order valence-electron chi connectivity index (χ1n) is 5.83. The van der Waals surface area contributed by atoms with Gasteiger partial charge in [0.05, 0.1) is 6.04 Å². The molecule has 1 unspecified atom stereocenters. The van der Waals surface area contributed by atoms with Gasteiger partial charge in [0.15, 0.2) is 5.82 Å². The van der Waals surface area contributed by atoms with Gasteiger partial charge in [-0.15, -0.1) is 0 Å². The highest BCUT2D eigenvalue weighted by Gasteiger charge is 2.25. The summed E-state index contributed by atoms with van der Waals surface area (Å²) in [6.45, 7) is 5.96. The zero-order chi connectivity index (χ0) is 14.2. The molecule has 2 rings (SSSR count). The van der Waals surface area contributed by atoms with E-state index in [1.54, 1.807) is 18.2 Å². The molecule has 0 saturated carbocycles. The number of hydrogen-bond donors (Lipinski definition) is 1. The van der Waals surface area contributed by atoms with Crippen molar-refractivity contribution in [3.8, 4) is 0 Å². The topological polar surface area (TPSA) is 64.9 Å². The molecule has 0 fully saturated rings. The van der Waals surface area contributed by atoms with E-state index in [9.17, 15) is 0 Å². The summed E-state index contributed by atoms with van der Waals surface area (Å²) < 4.78 is 5.22. The second-order valence-corrected chi connectivity index (χ2v) is 6.19. The van der Waals surface area contributed by atoms with Crippen LogP contribution < -0.4 is 5.73 Å². The van der Waals surface area contributed by atoms with Crippen molar-refractivity contribution >= 4 is 23.2 Å².